The number of aromatic hydroxyl groups is 1. The van der Waals surface area contributed by atoms with Gasteiger partial charge in [0.1, 0.15) is 24.6 Å². The number of hydrogen-bond acceptors (Lipinski definition) is 9. The Morgan fingerprint density at radius 2 is 1.56 bits per heavy atom. The summed E-state index contributed by atoms with van der Waals surface area (Å²) >= 11 is 0. The molecule has 5 aliphatic rings. The number of hydrogen-bond donors (Lipinski definition) is 1. The first-order chi connectivity index (χ1) is 31.2. The number of ether oxygens (including phenoxy) is 5. The maximum atomic E-state index is 14.1. The smallest absolute Gasteiger partial charge is 0.258 e. The van der Waals surface area contributed by atoms with E-state index in [1.54, 1.807) is 13.2 Å². The molecule has 0 saturated carbocycles. The molecule has 8 rings (SSSR count). The van der Waals surface area contributed by atoms with Crippen LogP contribution < -0.4 is 18.9 Å². The van der Waals surface area contributed by atoms with Crippen LogP contribution in [0.1, 0.15) is 153 Å². The van der Waals surface area contributed by atoms with Crippen LogP contribution >= 0.6 is 0 Å². The minimum absolute atomic E-state index is 0. The van der Waals surface area contributed by atoms with E-state index < -0.39 is 5.60 Å². The molecule has 354 valence electrons. The molecule has 0 spiro atoms. The number of amides is 1. The lowest BCUT2D eigenvalue weighted by Gasteiger charge is -2.32. The van der Waals surface area contributed by atoms with E-state index in [1.807, 2.05) is 69.9 Å². The Bertz CT molecular complexity index is 2470. The van der Waals surface area contributed by atoms with Gasteiger partial charge in [-0.2, -0.15) is 0 Å². The molecule has 0 fully saturated rings. The maximum absolute atomic E-state index is 14.1. The van der Waals surface area contributed by atoms with Crippen LogP contribution in [0.5, 0.6) is 28.7 Å². The fourth-order valence-corrected chi connectivity index (χ4v) is 9.25. The number of aromatic nitrogens is 1. The first kappa shape index (κ1) is 49.7. The Morgan fingerprint density at radius 1 is 0.894 bits per heavy atom. The zero-order valence-corrected chi connectivity index (χ0v) is 40.4. The topological polar surface area (TPSA) is 103 Å². The number of carbonyl (C=O) groups is 1. The van der Waals surface area contributed by atoms with Gasteiger partial charge in [0.15, 0.2) is 23.0 Å². The summed E-state index contributed by atoms with van der Waals surface area (Å²) in [5, 5.41) is 11.4. The maximum Gasteiger partial charge on any atom is 0.258 e. The van der Waals surface area contributed by atoms with Crippen molar-refractivity contribution in [2.75, 3.05) is 13.7 Å². The number of phenols is 1. The van der Waals surface area contributed by atoms with E-state index in [0.29, 0.717) is 46.6 Å². The number of allylic oxidation sites excluding steroid dienone is 6. The third-order valence-corrected chi connectivity index (χ3v) is 13.0. The molecule has 2 aromatic carbocycles. The number of pyridine rings is 1. The predicted molar refractivity (Wildman–Crippen MR) is 265 cm³/mol. The van der Waals surface area contributed by atoms with Crippen LogP contribution in [0, 0.1) is 6.92 Å². The molecule has 0 radical (unpaired) electrons. The van der Waals surface area contributed by atoms with Crippen LogP contribution in [-0.4, -0.2) is 56.8 Å². The molecule has 1 N–H and O–H groups in total. The highest BCUT2D eigenvalue weighted by Gasteiger charge is 2.39. The molecule has 0 bridgehead atoms. The van der Waals surface area contributed by atoms with E-state index >= 15 is 0 Å². The van der Waals surface area contributed by atoms with E-state index in [1.165, 1.54) is 22.5 Å². The normalized spacial score (nSPS) is 18.2. The predicted octanol–water partition coefficient (Wildman–Crippen LogP) is 13.2. The molecule has 0 saturated heterocycles. The summed E-state index contributed by atoms with van der Waals surface area (Å²) in [6.07, 6.45) is 19.3. The highest BCUT2D eigenvalue weighted by molar-refractivity contribution is 5.99. The van der Waals surface area contributed by atoms with Gasteiger partial charge in [0.25, 0.3) is 5.91 Å². The lowest BCUT2D eigenvalue weighted by Crippen LogP contribution is -2.38. The van der Waals surface area contributed by atoms with Crippen molar-refractivity contribution in [1.29, 1.82) is 0 Å². The van der Waals surface area contributed by atoms with Gasteiger partial charge in [-0.25, -0.2) is 0 Å². The molecule has 2 aliphatic carbocycles. The van der Waals surface area contributed by atoms with Crippen LogP contribution in [0.2, 0.25) is 0 Å². The highest BCUT2D eigenvalue weighted by atomic mass is 16.6. The van der Waals surface area contributed by atoms with Gasteiger partial charge in [-0.05, 0) is 152 Å². The Labute approximate surface area is 394 Å². The van der Waals surface area contributed by atoms with Gasteiger partial charge in [0, 0.05) is 58.5 Å². The third kappa shape index (κ3) is 10.6. The zero-order chi connectivity index (χ0) is 46.6. The number of phenolic OH excluding ortho intramolecular Hbond substituents is 1. The van der Waals surface area contributed by atoms with Crippen molar-refractivity contribution in [3.05, 3.63) is 135 Å². The second kappa shape index (κ2) is 20.8. The van der Waals surface area contributed by atoms with Crippen molar-refractivity contribution in [2.24, 2.45) is 0 Å². The van der Waals surface area contributed by atoms with Gasteiger partial charge in [-0.15, -0.1) is 0 Å². The summed E-state index contributed by atoms with van der Waals surface area (Å²) in [5.41, 5.74) is 10.7. The average molecular weight is 900 g/mol. The molecule has 10 heteroatoms. The number of aryl methyl sites for hydroxylation is 2. The Kier molecular flexibility index (Phi) is 15.7. The summed E-state index contributed by atoms with van der Waals surface area (Å²) in [7, 11) is 1.60. The van der Waals surface area contributed by atoms with Gasteiger partial charge in [-0.3, -0.25) is 9.78 Å². The minimum atomic E-state index is -0.671. The number of nitrogens with zero attached hydrogens (tertiary/aromatic N) is 3. The van der Waals surface area contributed by atoms with E-state index in [4.69, 9.17) is 28.7 Å². The standard InChI is InChI=1S/C53H63N3O7.C2H6.CH4/c1-10-40-23-36-16-12-14-18-45(36)55(40)34(4)43-28-47(57)48(22-33(43)3)60-30-38-26-42(63-53(7,8)32-62-52(5,6)11-2)27-39(54-38)31-61-50-25-35-20-21-41-24-37-17-13-15-19-46(37)56(41)51(58)44(35)29-49(50)59-9;1-2;/h10,14-15,18-19,22,25-29,41,57H,4,11-13,16-17,20-21,23-24,30-32H2,1-3,5-9H3;1-2H3;1H4/b40-10-;;/t41-;;/m1../s1. The van der Waals surface area contributed by atoms with E-state index in [9.17, 15) is 9.90 Å². The molecule has 1 atom stereocenters. The Balaban J connectivity index is 0.00000237. The molecule has 10 nitrogen and oxygen atoms in total. The fourth-order valence-electron chi connectivity index (χ4n) is 9.25. The van der Waals surface area contributed by atoms with Gasteiger partial charge in [0.05, 0.1) is 30.7 Å². The van der Waals surface area contributed by atoms with Gasteiger partial charge in [0.2, 0.25) is 0 Å². The summed E-state index contributed by atoms with van der Waals surface area (Å²) in [6.45, 7) is 23.3. The average Bonchev–Trinajstić information content (AvgIpc) is 3.84. The molecule has 0 unspecified atom stereocenters. The molecule has 3 aliphatic heterocycles. The van der Waals surface area contributed by atoms with Gasteiger partial charge < -0.3 is 38.6 Å². The molecule has 1 aromatic heterocycles. The highest BCUT2D eigenvalue weighted by Crippen LogP contribution is 2.45. The van der Waals surface area contributed by atoms with Crippen molar-refractivity contribution in [2.45, 2.75) is 158 Å². The number of rotatable bonds is 15. The summed E-state index contributed by atoms with van der Waals surface area (Å²) in [4.78, 5) is 23.3. The molecule has 4 heterocycles. The van der Waals surface area contributed by atoms with Crippen molar-refractivity contribution in [3.8, 4) is 28.7 Å². The van der Waals surface area contributed by atoms with Crippen molar-refractivity contribution < 1.29 is 33.6 Å². The van der Waals surface area contributed by atoms with Crippen LogP contribution in [0.25, 0.3) is 5.70 Å². The third-order valence-electron chi connectivity index (χ3n) is 13.0. The molecule has 66 heavy (non-hydrogen) atoms. The lowest BCUT2D eigenvalue weighted by molar-refractivity contribution is -0.0825. The second-order valence-electron chi connectivity index (χ2n) is 18.6. The number of carbonyl (C=O) groups excluding carboxylic acids is 1. The van der Waals surface area contributed by atoms with Crippen LogP contribution in [0.3, 0.4) is 0 Å². The van der Waals surface area contributed by atoms with Crippen molar-refractivity contribution >= 4 is 11.6 Å². The summed E-state index contributed by atoms with van der Waals surface area (Å²) in [5.74, 6) is 1.97. The first-order valence-corrected chi connectivity index (χ1v) is 23.6. The summed E-state index contributed by atoms with van der Waals surface area (Å²) in [6, 6.07) is 11.3. The number of benzene rings is 2. The van der Waals surface area contributed by atoms with Crippen LogP contribution in [0.15, 0.2) is 102 Å². The molecule has 1 amide bonds. The quantitative estimate of drug-likeness (QED) is 0.160. The monoisotopic (exact) mass is 900 g/mol. The van der Waals surface area contributed by atoms with Crippen molar-refractivity contribution in [1.82, 2.24) is 14.8 Å². The number of methoxy groups -OCH3 is 1. The van der Waals surface area contributed by atoms with E-state index in [0.717, 1.165) is 85.9 Å². The van der Waals surface area contributed by atoms with E-state index in [2.05, 4.69) is 69.6 Å². The molecule has 3 aromatic rings. The fraction of sp³-hybridized carbons (Fsp3) is 0.464. The lowest BCUT2D eigenvalue weighted by atomic mass is 9.96. The first-order valence-electron chi connectivity index (χ1n) is 23.6. The number of fused-ring (bicyclic) bond motifs is 3. The van der Waals surface area contributed by atoms with Gasteiger partial charge >= 0.3 is 0 Å². The molecular weight excluding hydrogens is 827 g/mol. The van der Waals surface area contributed by atoms with Gasteiger partial charge in [-0.1, -0.05) is 53.0 Å². The Hall–Kier alpha value is -5.74. The summed E-state index contributed by atoms with van der Waals surface area (Å²) < 4.78 is 31.5. The van der Waals surface area contributed by atoms with E-state index in [-0.39, 0.29) is 43.9 Å². The minimum Gasteiger partial charge on any atom is -0.504 e. The second-order valence-corrected chi connectivity index (χ2v) is 18.6. The van der Waals surface area contributed by atoms with Crippen molar-refractivity contribution in [3.63, 3.8) is 0 Å². The van der Waals surface area contributed by atoms with Crippen LogP contribution in [-0.2, 0) is 24.4 Å². The molecular formula is C56H73N3O7. The SMILES string of the molecule is C.C=C(c1cc(O)c(OCc2cc(OC(C)(C)COC(C)(C)CC)cc(COc3cc4c(cc3OC)C(=O)N3C5=C(CCC=C5)C[C@H]3CC4)n2)cc1C)N1C2=C(CCC=C2)C/C1=C/C.CC. The zero-order valence-electron chi connectivity index (χ0n) is 40.4. The van der Waals surface area contributed by atoms with Crippen LogP contribution in [0.4, 0.5) is 0 Å². The largest absolute Gasteiger partial charge is 0.504 e. The Morgan fingerprint density at radius 3 is 2.23 bits per heavy atom.